The van der Waals surface area contributed by atoms with Gasteiger partial charge in [-0.3, -0.25) is 9.59 Å². The van der Waals surface area contributed by atoms with E-state index in [-0.39, 0.29) is 18.4 Å². The Bertz CT molecular complexity index is 988. The highest BCUT2D eigenvalue weighted by Gasteiger charge is 2.21. The van der Waals surface area contributed by atoms with Crippen molar-refractivity contribution in [3.63, 3.8) is 0 Å². The molecule has 3 rings (SSSR count). The van der Waals surface area contributed by atoms with Crippen molar-refractivity contribution in [1.29, 1.82) is 0 Å². The second kappa shape index (κ2) is 10.5. The van der Waals surface area contributed by atoms with Gasteiger partial charge in [0.1, 0.15) is 12.2 Å². The van der Waals surface area contributed by atoms with Gasteiger partial charge in [-0.15, -0.1) is 11.3 Å². The summed E-state index contributed by atoms with van der Waals surface area (Å²) in [6, 6.07) is 17.6. The highest BCUT2D eigenvalue weighted by atomic mass is 32.1. The molecule has 0 atom stereocenters. The molecule has 0 saturated heterocycles. The van der Waals surface area contributed by atoms with E-state index in [1.54, 1.807) is 5.38 Å². The topological polar surface area (TPSA) is 74.3 Å². The summed E-state index contributed by atoms with van der Waals surface area (Å²) in [4.78, 5) is 31.4. The van der Waals surface area contributed by atoms with Crippen LogP contribution >= 0.6 is 11.3 Å². The van der Waals surface area contributed by atoms with E-state index in [2.05, 4.69) is 15.6 Å². The zero-order valence-corrected chi connectivity index (χ0v) is 18.0. The van der Waals surface area contributed by atoms with Crippen LogP contribution in [0.3, 0.4) is 0 Å². The summed E-state index contributed by atoms with van der Waals surface area (Å²) >= 11 is 1.36. The van der Waals surface area contributed by atoms with Gasteiger partial charge in [-0.1, -0.05) is 49.4 Å². The predicted octanol–water partition coefficient (Wildman–Crippen LogP) is 4.36. The summed E-state index contributed by atoms with van der Waals surface area (Å²) in [6.45, 7) is 4.94. The zero-order chi connectivity index (χ0) is 21.3. The first-order valence-corrected chi connectivity index (χ1v) is 10.8. The molecule has 30 heavy (non-hydrogen) atoms. The lowest BCUT2D eigenvalue weighted by atomic mass is 10.2. The Morgan fingerprint density at radius 2 is 1.90 bits per heavy atom. The van der Waals surface area contributed by atoms with E-state index in [0.29, 0.717) is 23.9 Å². The molecule has 7 heteroatoms. The number of thiazole rings is 1. The van der Waals surface area contributed by atoms with Gasteiger partial charge in [0, 0.05) is 24.2 Å². The molecule has 1 aromatic heterocycles. The van der Waals surface area contributed by atoms with Crippen LogP contribution in [0.25, 0.3) is 0 Å². The van der Waals surface area contributed by atoms with Crippen molar-refractivity contribution in [1.82, 2.24) is 15.2 Å². The number of nitrogens with one attached hydrogen (secondary N) is 2. The Kier molecular flexibility index (Phi) is 7.57. The number of carbonyl (C=O) groups is 2. The molecule has 6 nitrogen and oxygen atoms in total. The van der Waals surface area contributed by atoms with Crippen molar-refractivity contribution in [2.24, 2.45) is 0 Å². The van der Waals surface area contributed by atoms with Crippen molar-refractivity contribution in [2.75, 3.05) is 18.4 Å². The van der Waals surface area contributed by atoms with Gasteiger partial charge in [-0.25, -0.2) is 4.98 Å². The van der Waals surface area contributed by atoms with Crippen LogP contribution in [0.4, 0.5) is 10.8 Å². The number of aromatic nitrogens is 1. The number of nitrogens with zero attached hydrogens (tertiary/aromatic N) is 2. The maximum absolute atomic E-state index is 13.1. The molecule has 0 unspecified atom stereocenters. The molecule has 0 spiro atoms. The fourth-order valence-electron chi connectivity index (χ4n) is 2.93. The number of amides is 2. The standard InChI is InChI=1S/C23H26N4O2S/c1-3-12-24-21(28)15-27(14-18-9-5-4-6-10-18)22(29)20-16-30-23(26-20)25-19-11-7-8-17(2)13-19/h4-11,13,16H,3,12,14-15H2,1-2H3,(H,24,28)(H,25,26). The highest BCUT2D eigenvalue weighted by molar-refractivity contribution is 7.14. The smallest absolute Gasteiger partial charge is 0.274 e. The molecular formula is C23H26N4O2S. The van der Waals surface area contributed by atoms with E-state index in [4.69, 9.17) is 0 Å². The minimum atomic E-state index is -0.265. The molecule has 0 radical (unpaired) electrons. The molecule has 2 aromatic carbocycles. The summed E-state index contributed by atoms with van der Waals surface area (Å²) < 4.78 is 0. The number of hydrogen-bond donors (Lipinski definition) is 2. The molecule has 0 aliphatic heterocycles. The lowest BCUT2D eigenvalue weighted by Gasteiger charge is -2.21. The first-order valence-electron chi connectivity index (χ1n) is 9.94. The predicted molar refractivity (Wildman–Crippen MR) is 121 cm³/mol. The Labute approximate surface area is 181 Å². The van der Waals surface area contributed by atoms with Crippen LogP contribution in [0.5, 0.6) is 0 Å². The van der Waals surface area contributed by atoms with Gasteiger partial charge >= 0.3 is 0 Å². The SMILES string of the molecule is CCCNC(=O)CN(Cc1ccccc1)C(=O)c1csc(Nc2cccc(C)c2)n1. The normalized spacial score (nSPS) is 10.5. The third-order valence-corrected chi connectivity index (χ3v) is 5.16. The molecule has 156 valence electrons. The van der Waals surface area contributed by atoms with Crippen molar-refractivity contribution in [3.8, 4) is 0 Å². The fraction of sp³-hybridized carbons (Fsp3) is 0.261. The summed E-state index contributed by atoms with van der Waals surface area (Å²) in [7, 11) is 0. The monoisotopic (exact) mass is 422 g/mol. The quantitative estimate of drug-likeness (QED) is 0.537. The maximum Gasteiger partial charge on any atom is 0.274 e. The Morgan fingerprint density at radius 3 is 2.63 bits per heavy atom. The highest BCUT2D eigenvalue weighted by Crippen LogP contribution is 2.22. The summed E-state index contributed by atoms with van der Waals surface area (Å²) in [5.74, 6) is -0.437. The van der Waals surface area contributed by atoms with Crippen LogP contribution in [0.2, 0.25) is 0 Å². The average molecular weight is 423 g/mol. The van der Waals surface area contributed by atoms with E-state index in [1.807, 2.05) is 68.4 Å². The van der Waals surface area contributed by atoms with Gasteiger partial charge in [0.05, 0.1) is 0 Å². The van der Waals surface area contributed by atoms with E-state index in [9.17, 15) is 9.59 Å². The Morgan fingerprint density at radius 1 is 1.10 bits per heavy atom. The number of carbonyl (C=O) groups excluding carboxylic acids is 2. The molecule has 0 aliphatic carbocycles. The molecule has 0 saturated carbocycles. The largest absolute Gasteiger partial charge is 0.355 e. The molecule has 0 bridgehead atoms. The molecule has 0 fully saturated rings. The molecular weight excluding hydrogens is 396 g/mol. The molecule has 0 aliphatic rings. The third-order valence-electron chi connectivity index (χ3n) is 4.40. The van der Waals surface area contributed by atoms with Gasteiger partial charge in [-0.2, -0.15) is 0 Å². The lowest BCUT2D eigenvalue weighted by molar-refractivity contribution is -0.121. The average Bonchev–Trinajstić information content (AvgIpc) is 3.20. The van der Waals surface area contributed by atoms with E-state index in [0.717, 1.165) is 23.2 Å². The Balaban J connectivity index is 1.74. The van der Waals surface area contributed by atoms with E-state index >= 15 is 0 Å². The third kappa shape index (κ3) is 6.15. The van der Waals surface area contributed by atoms with Crippen LogP contribution in [-0.2, 0) is 11.3 Å². The summed E-state index contributed by atoms with van der Waals surface area (Å²) in [6.07, 6.45) is 0.846. The summed E-state index contributed by atoms with van der Waals surface area (Å²) in [5.41, 5.74) is 3.35. The number of anilines is 2. The Hall–Kier alpha value is -3.19. The van der Waals surface area contributed by atoms with E-state index in [1.165, 1.54) is 16.2 Å². The lowest BCUT2D eigenvalue weighted by Crippen LogP contribution is -2.40. The number of rotatable bonds is 9. The molecule has 2 N–H and O–H groups in total. The number of hydrogen-bond acceptors (Lipinski definition) is 5. The van der Waals surface area contributed by atoms with Crippen LogP contribution in [0.1, 0.15) is 35.0 Å². The zero-order valence-electron chi connectivity index (χ0n) is 17.2. The maximum atomic E-state index is 13.1. The number of aryl methyl sites for hydroxylation is 1. The van der Waals surface area contributed by atoms with Crippen LogP contribution in [-0.4, -0.2) is 34.8 Å². The molecule has 3 aromatic rings. The van der Waals surface area contributed by atoms with Gasteiger partial charge in [0.2, 0.25) is 5.91 Å². The first kappa shape index (κ1) is 21.5. The summed E-state index contributed by atoms with van der Waals surface area (Å²) in [5, 5.41) is 8.43. The van der Waals surface area contributed by atoms with E-state index < -0.39 is 0 Å². The first-order chi connectivity index (χ1) is 14.5. The van der Waals surface area contributed by atoms with Crippen molar-refractivity contribution < 1.29 is 9.59 Å². The van der Waals surface area contributed by atoms with Gasteiger partial charge in [-0.05, 0) is 36.6 Å². The second-order valence-corrected chi connectivity index (χ2v) is 7.89. The minimum absolute atomic E-state index is 0.00804. The van der Waals surface area contributed by atoms with Gasteiger partial charge in [0.15, 0.2) is 5.13 Å². The second-order valence-electron chi connectivity index (χ2n) is 7.03. The van der Waals surface area contributed by atoms with Crippen LogP contribution in [0, 0.1) is 6.92 Å². The van der Waals surface area contributed by atoms with Crippen molar-refractivity contribution >= 4 is 34.0 Å². The van der Waals surface area contributed by atoms with Gasteiger partial charge in [0.25, 0.3) is 5.91 Å². The molecule has 2 amide bonds. The molecule has 1 heterocycles. The van der Waals surface area contributed by atoms with Crippen LogP contribution in [0.15, 0.2) is 60.0 Å². The van der Waals surface area contributed by atoms with Crippen LogP contribution < -0.4 is 10.6 Å². The van der Waals surface area contributed by atoms with Crippen molar-refractivity contribution in [2.45, 2.75) is 26.8 Å². The van der Waals surface area contributed by atoms with Gasteiger partial charge < -0.3 is 15.5 Å². The van der Waals surface area contributed by atoms with Crippen molar-refractivity contribution in [3.05, 3.63) is 76.8 Å². The minimum Gasteiger partial charge on any atom is -0.355 e. The fourth-order valence-corrected chi connectivity index (χ4v) is 3.64. The number of benzene rings is 2.